The van der Waals surface area contributed by atoms with Crippen molar-refractivity contribution in [2.24, 2.45) is 0 Å². The molecule has 22 nitrogen and oxygen atoms in total. The highest BCUT2D eigenvalue weighted by molar-refractivity contribution is 7.98. The highest BCUT2D eigenvalue weighted by Crippen LogP contribution is 2.31. The fourth-order valence-electron chi connectivity index (χ4n) is 11.2. The molecular formula is C65H81FN10O12S2. The number of nitrogens with zero attached hydrogens (tertiary/aromatic N) is 2. The van der Waals surface area contributed by atoms with Crippen molar-refractivity contribution in [3.63, 3.8) is 0 Å². The summed E-state index contributed by atoms with van der Waals surface area (Å²) in [6, 6.07) is 17.8. The van der Waals surface area contributed by atoms with E-state index >= 15 is 4.79 Å². The number of aliphatic hydroxyl groups excluding tert-OH is 1. The quantitative estimate of drug-likeness (QED) is 0.117. The van der Waals surface area contributed by atoms with Crippen LogP contribution in [0.3, 0.4) is 0 Å². The zero-order valence-corrected chi connectivity index (χ0v) is 53.0. The van der Waals surface area contributed by atoms with Crippen molar-refractivity contribution in [3.8, 4) is 11.5 Å². The standard InChI is InChI=1S/C65H81FN10O12S2/c1-39-58(80)70-40(2)59(81)71-52-32-43-11-9-14-49(30-43)88-26-7-6-24-75(62(84)54(72-60(52)82)33-46-35-68-51-20-17-47(66)34-50(46)51)36-56(79)74-57(41(3)77)61(83)73-53(31-42-15-18-48(87-5)19-16-42)63(85)76-25-10-22-65(76,4)64(86)67-23-28-90-38-45-13-8-12-44(29-45)37-89-27-21-55(78)69-39/h8-9,11-20,29-30,34-35,39-41,52-54,57,68,77H,6-7,10,21-28,31-33,36-38H2,1-5H3,(H,67,86)(H,69,78)(H,70,80)(H,71,81)(H,72,82)(H,73,83)(H,74,79)/t39-,40+,41+,52-,53-,54+,57-,65-/m0/s1. The maximum Gasteiger partial charge on any atom is 0.246 e. The normalized spacial score (nSPS) is 24.6. The highest BCUT2D eigenvalue weighted by Gasteiger charge is 2.48. The van der Waals surface area contributed by atoms with Gasteiger partial charge in [-0.05, 0) is 124 Å². The third-order valence-corrected chi connectivity index (χ3v) is 18.3. The molecule has 3 aliphatic heterocycles. The Kier molecular flexibility index (Phi) is 24.1. The lowest BCUT2D eigenvalue weighted by Crippen LogP contribution is -2.62. The number of carbonyl (C=O) groups excluding carboxylic acids is 9. The molecule has 9 amide bonds. The van der Waals surface area contributed by atoms with Crippen LogP contribution in [0.1, 0.15) is 87.6 Å². The van der Waals surface area contributed by atoms with Gasteiger partial charge >= 0.3 is 0 Å². The first-order valence-electron chi connectivity index (χ1n) is 30.4. The summed E-state index contributed by atoms with van der Waals surface area (Å²) >= 11 is 3.18. The molecule has 90 heavy (non-hydrogen) atoms. The lowest BCUT2D eigenvalue weighted by Gasteiger charge is -2.37. The maximum atomic E-state index is 15.3. The van der Waals surface area contributed by atoms with E-state index in [9.17, 15) is 47.9 Å². The minimum Gasteiger partial charge on any atom is -0.497 e. The van der Waals surface area contributed by atoms with Gasteiger partial charge < -0.3 is 66.6 Å². The molecule has 9 N–H and O–H groups in total. The van der Waals surface area contributed by atoms with Crippen LogP contribution >= 0.6 is 23.5 Å². The molecule has 0 radical (unpaired) electrons. The average molecular weight is 1280 g/mol. The highest BCUT2D eigenvalue weighted by atomic mass is 32.2. The smallest absolute Gasteiger partial charge is 0.246 e. The molecule has 1 aromatic heterocycles. The minimum atomic E-state index is -1.69. The first kappa shape index (κ1) is 67.8. The molecule has 482 valence electrons. The Morgan fingerprint density at radius 3 is 2.14 bits per heavy atom. The van der Waals surface area contributed by atoms with Gasteiger partial charge in [0.05, 0.1) is 26.4 Å². The predicted octanol–water partition coefficient (Wildman–Crippen LogP) is 3.74. The Morgan fingerprint density at radius 1 is 0.711 bits per heavy atom. The summed E-state index contributed by atoms with van der Waals surface area (Å²) in [5, 5.41) is 31.0. The van der Waals surface area contributed by atoms with Gasteiger partial charge in [0.15, 0.2) is 0 Å². The van der Waals surface area contributed by atoms with E-state index < -0.39 is 102 Å². The number of amides is 9. The van der Waals surface area contributed by atoms with Crippen LogP contribution < -0.4 is 46.7 Å². The summed E-state index contributed by atoms with van der Waals surface area (Å²) in [7, 11) is 1.51. The van der Waals surface area contributed by atoms with Gasteiger partial charge in [0.2, 0.25) is 53.2 Å². The summed E-state index contributed by atoms with van der Waals surface area (Å²) in [6.07, 6.45) is 1.21. The van der Waals surface area contributed by atoms with Gasteiger partial charge in [-0.15, -0.1) is 0 Å². The first-order valence-corrected chi connectivity index (χ1v) is 32.7. The number of carbonyl (C=O) groups is 9. The van der Waals surface area contributed by atoms with Crippen LogP contribution in [-0.4, -0.2) is 172 Å². The molecule has 0 aliphatic carbocycles. The molecule has 0 saturated carbocycles. The van der Waals surface area contributed by atoms with E-state index in [1.54, 1.807) is 85.2 Å². The second kappa shape index (κ2) is 32.0. The minimum absolute atomic E-state index is 0.0519. The van der Waals surface area contributed by atoms with Crippen LogP contribution in [0.25, 0.3) is 10.9 Å². The molecule has 1 saturated heterocycles. The van der Waals surface area contributed by atoms with Crippen LogP contribution in [0.5, 0.6) is 11.5 Å². The van der Waals surface area contributed by atoms with Gasteiger partial charge in [-0.2, -0.15) is 23.5 Å². The largest absolute Gasteiger partial charge is 0.497 e. The number of hydrogen-bond donors (Lipinski definition) is 9. The summed E-state index contributed by atoms with van der Waals surface area (Å²) in [5.74, 6) is -3.40. The van der Waals surface area contributed by atoms with Gasteiger partial charge in [0.1, 0.15) is 59.1 Å². The molecular weight excluding hydrogens is 1200 g/mol. The number of aromatic amines is 1. The van der Waals surface area contributed by atoms with Gasteiger partial charge in [0.25, 0.3) is 0 Å². The van der Waals surface area contributed by atoms with Crippen molar-refractivity contribution in [2.75, 3.05) is 51.4 Å². The second-order valence-corrected chi connectivity index (χ2v) is 25.4. The van der Waals surface area contributed by atoms with Crippen molar-refractivity contribution in [1.82, 2.24) is 52.0 Å². The van der Waals surface area contributed by atoms with E-state index in [-0.39, 0.29) is 63.6 Å². The van der Waals surface area contributed by atoms with Gasteiger partial charge in [-0.1, -0.05) is 48.5 Å². The zero-order valence-electron chi connectivity index (χ0n) is 51.3. The summed E-state index contributed by atoms with van der Waals surface area (Å²) in [4.78, 5) is 135. The molecule has 4 aromatic carbocycles. The molecule has 6 bridgehead atoms. The van der Waals surface area contributed by atoms with Crippen LogP contribution in [0, 0.1) is 5.82 Å². The predicted molar refractivity (Wildman–Crippen MR) is 340 cm³/mol. The number of hydrogen-bond acceptors (Lipinski definition) is 14. The second-order valence-electron chi connectivity index (χ2n) is 23.2. The summed E-state index contributed by atoms with van der Waals surface area (Å²) < 4.78 is 26.3. The van der Waals surface area contributed by atoms with E-state index in [1.807, 2.05) is 18.2 Å². The lowest BCUT2D eigenvalue weighted by molar-refractivity contribution is -0.147. The number of aliphatic hydroxyl groups is 1. The van der Waals surface area contributed by atoms with Crippen molar-refractivity contribution in [3.05, 3.63) is 131 Å². The maximum absolute atomic E-state index is 15.3. The Labute approximate surface area is 531 Å². The van der Waals surface area contributed by atoms with E-state index in [1.165, 1.54) is 55.9 Å². The molecule has 1 fully saturated rings. The number of fused-ring (bicyclic) bond motifs is 11. The Hall–Kier alpha value is -8.16. The number of methoxy groups -OCH3 is 1. The molecule has 25 heteroatoms. The van der Waals surface area contributed by atoms with E-state index in [0.29, 0.717) is 87.9 Å². The van der Waals surface area contributed by atoms with E-state index in [2.05, 4.69) is 48.3 Å². The van der Waals surface area contributed by atoms with Crippen molar-refractivity contribution in [2.45, 2.75) is 138 Å². The van der Waals surface area contributed by atoms with Gasteiger partial charge in [-0.25, -0.2) is 4.39 Å². The number of nitrogens with one attached hydrogen (secondary N) is 8. The third kappa shape index (κ3) is 18.5. The number of benzene rings is 4. The fourth-order valence-corrected chi connectivity index (χ4v) is 12.9. The number of thioether (sulfide) groups is 2. The zero-order chi connectivity index (χ0) is 64.5. The van der Waals surface area contributed by atoms with E-state index in [0.717, 1.165) is 11.1 Å². The van der Waals surface area contributed by atoms with Crippen molar-refractivity contribution < 1.29 is 62.1 Å². The number of rotatable bonds is 6. The molecule has 4 heterocycles. The topological polar surface area (TPSA) is 299 Å². The molecule has 8 rings (SSSR count). The van der Waals surface area contributed by atoms with Crippen LogP contribution in [0.2, 0.25) is 0 Å². The molecule has 5 aromatic rings. The SMILES string of the molecule is COc1ccc(C[C@@H]2NC(=O)[C@H]([C@@H](C)O)NC(=O)CN3CCCCOc4cccc(c4)C[C@H](NC(=O)[C@@H](C)NC(=O)[C@H](C)NC(=O)CCSCc4cccc(c4)CSCCNC(=O)[C@]4(C)CCCN4C2=O)C(=O)N[C@H](Cc2c[nH]c4ccc(F)cc24)C3=O)cc1. The first-order chi connectivity index (χ1) is 43.2. The van der Waals surface area contributed by atoms with Crippen molar-refractivity contribution in [1.29, 1.82) is 0 Å². The molecule has 0 spiro atoms. The molecule has 3 aliphatic rings. The Bertz CT molecular complexity index is 3390. The third-order valence-electron chi connectivity index (χ3n) is 16.2. The Morgan fingerprint density at radius 2 is 1.40 bits per heavy atom. The molecule has 0 unspecified atom stereocenters. The Balaban J connectivity index is 1.11. The summed E-state index contributed by atoms with van der Waals surface area (Å²) in [5.41, 5.74) is 2.98. The fraction of sp³-hybridized carbons (Fsp3) is 0.462. The van der Waals surface area contributed by atoms with E-state index in [4.69, 9.17) is 9.47 Å². The number of halogens is 1. The number of ether oxygens (including phenoxy) is 2. The van der Waals surface area contributed by atoms with Crippen LogP contribution in [-0.2, 0) is 73.9 Å². The lowest BCUT2D eigenvalue weighted by atomic mass is 9.95. The number of H-pyrrole nitrogens is 1. The van der Waals surface area contributed by atoms with Crippen molar-refractivity contribution >= 4 is 87.6 Å². The number of aromatic nitrogens is 1. The van der Waals surface area contributed by atoms with Crippen LogP contribution in [0.15, 0.2) is 97.2 Å². The van der Waals surface area contributed by atoms with Gasteiger partial charge in [0, 0.05) is 85.4 Å². The average Bonchev–Trinajstić information content (AvgIpc) is 1.68. The van der Waals surface area contributed by atoms with Crippen LogP contribution in [0.4, 0.5) is 4.39 Å². The summed E-state index contributed by atoms with van der Waals surface area (Å²) in [6.45, 7) is 5.79. The van der Waals surface area contributed by atoms with Gasteiger partial charge in [-0.3, -0.25) is 43.2 Å². The molecule has 8 atom stereocenters. The monoisotopic (exact) mass is 1280 g/mol.